The second-order valence-electron chi connectivity index (χ2n) is 8.48. The van der Waals surface area contributed by atoms with E-state index >= 15 is 0 Å². The van der Waals surface area contributed by atoms with Crippen molar-refractivity contribution in [1.82, 2.24) is 0 Å². The van der Waals surface area contributed by atoms with Crippen LogP contribution in [0.1, 0.15) is 24.8 Å². The van der Waals surface area contributed by atoms with Gasteiger partial charge in [-0.1, -0.05) is 24.3 Å². The first-order valence-corrected chi connectivity index (χ1v) is 13.0. The van der Waals surface area contributed by atoms with Crippen LogP contribution in [-0.2, 0) is 10.0 Å². The smallest absolute Gasteiger partial charge is 0.323 e. The zero-order valence-electron chi connectivity index (χ0n) is 19.9. The number of amides is 2. The summed E-state index contributed by atoms with van der Waals surface area (Å²) in [5, 5.41) is 5.53. The number of para-hydroxylation sites is 2. The molecule has 0 unspecified atom stereocenters. The lowest BCUT2D eigenvalue weighted by atomic mass is 10.1. The standard InChI is InChI=1S/C26H30N4O4S/c1-19-9-8-10-20(17-19)27-26(31)28-21-13-14-23(30-15-6-3-7-16-30)25(18-21)35(32,33)29-22-11-4-5-12-24(22)34-2/h4-5,8-14,17-18,29H,3,6-7,15-16H2,1-2H3,(H2,27,28,31). The van der Waals surface area contributed by atoms with Crippen LogP contribution in [-0.4, -0.2) is 34.6 Å². The number of carbonyl (C=O) groups excluding carboxylic acids is 1. The van der Waals surface area contributed by atoms with E-state index in [9.17, 15) is 13.2 Å². The molecule has 184 valence electrons. The van der Waals surface area contributed by atoms with E-state index in [1.165, 1.54) is 13.2 Å². The van der Waals surface area contributed by atoms with Gasteiger partial charge in [-0.15, -0.1) is 0 Å². The fourth-order valence-corrected chi connectivity index (χ4v) is 5.47. The topological polar surface area (TPSA) is 99.8 Å². The average Bonchev–Trinajstić information content (AvgIpc) is 2.84. The number of rotatable bonds is 7. The van der Waals surface area contributed by atoms with E-state index in [0.29, 0.717) is 28.5 Å². The number of nitrogens with zero attached hydrogens (tertiary/aromatic N) is 1. The summed E-state index contributed by atoms with van der Waals surface area (Å²) in [6.07, 6.45) is 3.12. The molecule has 1 fully saturated rings. The molecule has 0 spiro atoms. The number of urea groups is 1. The predicted octanol–water partition coefficient (Wildman–Crippen LogP) is 5.44. The summed E-state index contributed by atoms with van der Waals surface area (Å²) in [4.78, 5) is 14.8. The summed E-state index contributed by atoms with van der Waals surface area (Å²) in [6, 6.07) is 18.8. The molecule has 0 bridgehead atoms. The van der Waals surface area contributed by atoms with Gasteiger partial charge in [0.15, 0.2) is 0 Å². The third-order valence-corrected chi connectivity index (χ3v) is 7.23. The molecule has 3 aromatic rings. The van der Waals surface area contributed by atoms with Gasteiger partial charge in [0.2, 0.25) is 0 Å². The third kappa shape index (κ3) is 6.05. The molecule has 1 heterocycles. The molecule has 3 aromatic carbocycles. The minimum Gasteiger partial charge on any atom is -0.495 e. The van der Waals surface area contributed by atoms with Crippen LogP contribution >= 0.6 is 0 Å². The van der Waals surface area contributed by atoms with E-state index in [2.05, 4.69) is 20.3 Å². The van der Waals surface area contributed by atoms with E-state index < -0.39 is 16.1 Å². The molecular formula is C26H30N4O4S. The summed E-state index contributed by atoms with van der Waals surface area (Å²) in [7, 11) is -2.50. The van der Waals surface area contributed by atoms with Crippen molar-refractivity contribution in [3.8, 4) is 5.75 Å². The molecule has 4 rings (SSSR count). The number of sulfonamides is 1. The Morgan fingerprint density at radius 3 is 2.31 bits per heavy atom. The van der Waals surface area contributed by atoms with Crippen molar-refractivity contribution < 1.29 is 17.9 Å². The Kier molecular flexibility index (Phi) is 7.45. The normalized spacial score (nSPS) is 13.7. The molecule has 9 heteroatoms. The molecule has 0 atom stereocenters. The summed E-state index contributed by atoms with van der Waals surface area (Å²) in [5.41, 5.74) is 2.99. The fourth-order valence-electron chi connectivity index (χ4n) is 4.15. The van der Waals surface area contributed by atoms with Crippen molar-refractivity contribution in [2.45, 2.75) is 31.1 Å². The Labute approximate surface area is 206 Å². The third-order valence-electron chi connectivity index (χ3n) is 5.83. The largest absolute Gasteiger partial charge is 0.495 e. The van der Waals surface area contributed by atoms with Crippen LogP contribution in [0.5, 0.6) is 5.75 Å². The van der Waals surface area contributed by atoms with Gasteiger partial charge in [-0.05, 0) is 74.2 Å². The van der Waals surface area contributed by atoms with Crippen molar-refractivity contribution in [2.24, 2.45) is 0 Å². The SMILES string of the molecule is COc1ccccc1NS(=O)(=O)c1cc(NC(=O)Nc2cccc(C)c2)ccc1N1CCCCC1. The van der Waals surface area contributed by atoms with Crippen molar-refractivity contribution in [2.75, 3.05) is 40.5 Å². The van der Waals surface area contributed by atoms with Gasteiger partial charge in [0, 0.05) is 24.5 Å². The maximum absolute atomic E-state index is 13.6. The first kappa shape index (κ1) is 24.4. The van der Waals surface area contributed by atoms with Crippen LogP contribution in [0, 0.1) is 6.92 Å². The summed E-state index contributed by atoms with van der Waals surface area (Å²) < 4.78 is 35.1. The van der Waals surface area contributed by atoms with Crippen LogP contribution in [0.25, 0.3) is 0 Å². The first-order valence-electron chi connectivity index (χ1n) is 11.6. The summed E-state index contributed by atoms with van der Waals surface area (Å²) >= 11 is 0. The van der Waals surface area contributed by atoms with Gasteiger partial charge in [-0.3, -0.25) is 4.72 Å². The van der Waals surface area contributed by atoms with Gasteiger partial charge in [0.05, 0.1) is 18.5 Å². The van der Waals surface area contributed by atoms with Crippen LogP contribution in [0.2, 0.25) is 0 Å². The highest BCUT2D eigenvalue weighted by Gasteiger charge is 2.25. The minimum absolute atomic E-state index is 0.0960. The maximum atomic E-state index is 13.6. The molecule has 0 radical (unpaired) electrons. The van der Waals surface area contributed by atoms with Crippen molar-refractivity contribution in [3.63, 3.8) is 0 Å². The van der Waals surface area contributed by atoms with Crippen molar-refractivity contribution in [3.05, 3.63) is 72.3 Å². The molecule has 1 aliphatic heterocycles. The van der Waals surface area contributed by atoms with Crippen LogP contribution < -0.4 is 25.0 Å². The molecule has 3 N–H and O–H groups in total. The predicted molar refractivity (Wildman–Crippen MR) is 140 cm³/mol. The molecule has 0 aromatic heterocycles. The van der Waals surface area contributed by atoms with E-state index in [-0.39, 0.29) is 4.90 Å². The van der Waals surface area contributed by atoms with E-state index in [1.54, 1.807) is 42.5 Å². The summed E-state index contributed by atoms with van der Waals surface area (Å²) in [6.45, 7) is 3.49. The molecule has 8 nitrogen and oxygen atoms in total. The van der Waals surface area contributed by atoms with Gasteiger partial charge < -0.3 is 20.3 Å². The van der Waals surface area contributed by atoms with Crippen molar-refractivity contribution in [1.29, 1.82) is 0 Å². The highest BCUT2D eigenvalue weighted by atomic mass is 32.2. The number of hydrogen-bond acceptors (Lipinski definition) is 5. The quantitative estimate of drug-likeness (QED) is 0.406. The summed E-state index contributed by atoms with van der Waals surface area (Å²) in [5.74, 6) is 0.419. The Morgan fingerprint density at radius 1 is 0.886 bits per heavy atom. The molecule has 0 aliphatic carbocycles. The molecular weight excluding hydrogens is 464 g/mol. The van der Waals surface area contributed by atoms with Crippen molar-refractivity contribution >= 4 is 38.8 Å². The number of methoxy groups -OCH3 is 1. The number of benzene rings is 3. The fraction of sp³-hybridized carbons (Fsp3) is 0.269. The number of hydrogen-bond donors (Lipinski definition) is 3. The van der Waals surface area contributed by atoms with Gasteiger partial charge in [-0.2, -0.15) is 0 Å². The lowest BCUT2D eigenvalue weighted by Gasteiger charge is -2.30. The van der Waals surface area contributed by atoms with Gasteiger partial charge in [0.1, 0.15) is 10.6 Å². The maximum Gasteiger partial charge on any atom is 0.323 e. The number of aryl methyl sites for hydroxylation is 1. The lowest BCUT2D eigenvalue weighted by molar-refractivity contribution is 0.262. The number of nitrogens with one attached hydrogen (secondary N) is 3. The van der Waals surface area contributed by atoms with Crippen LogP contribution in [0.3, 0.4) is 0 Å². The second-order valence-corrected chi connectivity index (χ2v) is 10.1. The molecule has 35 heavy (non-hydrogen) atoms. The minimum atomic E-state index is -3.99. The molecule has 1 saturated heterocycles. The molecule has 2 amide bonds. The molecule has 0 saturated carbocycles. The zero-order chi connectivity index (χ0) is 24.8. The van der Waals surface area contributed by atoms with Gasteiger partial charge in [0.25, 0.3) is 10.0 Å². The number of piperidine rings is 1. The molecule has 1 aliphatic rings. The van der Waals surface area contributed by atoms with E-state index in [0.717, 1.165) is 37.9 Å². The highest BCUT2D eigenvalue weighted by Crippen LogP contribution is 2.33. The zero-order valence-corrected chi connectivity index (χ0v) is 20.7. The van der Waals surface area contributed by atoms with Crippen LogP contribution in [0.15, 0.2) is 71.6 Å². The van der Waals surface area contributed by atoms with Crippen LogP contribution in [0.4, 0.5) is 27.5 Å². The average molecular weight is 495 g/mol. The Balaban J connectivity index is 1.64. The number of ether oxygens (including phenoxy) is 1. The first-order chi connectivity index (χ1) is 16.9. The number of anilines is 4. The Hall–Kier alpha value is -3.72. The Bertz CT molecular complexity index is 1300. The highest BCUT2D eigenvalue weighted by molar-refractivity contribution is 7.93. The van der Waals surface area contributed by atoms with E-state index in [4.69, 9.17) is 4.74 Å². The lowest BCUT2D eigenvalue weighted by Crippen LogP contribution is -2.31. The monoisotopic (exact) mass is 494 g/mol. The number of carbonyl (C=O) groups is 1. The Morgan fingerprint density at radius 2 is 1.60 bits per heavy atom. The van der Waals surface area contributed by atoms with Gasteiger partial charge >= 0.3 is 6.03 Å². The second kappa shape index (κ2) is 10.7. The van der Waals surface area contributed by atoms with E-state index in [1.807, 2.05) is 25.1 Å². The van der Waals surface area contributed by atoms with Gasteiger partial charge in [-0.25, -0.2) is 13.2 Å².